The Balaban J connectivity index is 1.51. The number of carbonyl (C=O) groups is 1. The van der Waals surface area contributed by atoms with Crippen molar-refractivity contribution in [1.29, 1.82) is 0 Å². The predicted molar refractivity (Wildman–Crippen MR) is 117 cm³/mol. The molecule has 3 rings (SSSR count). The van der Waals surface area contributed by atoms with Crippen molar-refractivity contribution >= 4 is 39.1 Å². The quantitative estimate of drug-likeness (QED) is 0.469. The van der Waals surface area contributed by atoms with E-state index >= 15 is 0 Å². The van der Waals surface area contributed by atoms with Crippen LogP contribution >= 0.6 is 27.5 Å². The van der Waals surface area contributed by atoms with Crippen LogP contribution in [0, 0.1) is 12.8 Å². The van der Waals surface area contributed by atoms with E-state index in [1.54, 1.807) is 0 Å². The first kappa shape index (κ1) is 22.9. The lowest BCUT2D eigenvalue weighted by molar-refractivity contribution is -0.137. The van der Waals surface area contributed by atoms with Crippen LogP contribution in [0.25, 0.3) is 0 Å². The molecular weight excluding hydrogens is 481 g/mol. The summed E-state index contributed by atoms with van der Waals surface area (Å²) in [6.07, 6.45) is -1.08. The van der Waals surface area contributed by atoms with Crippen molar-refractivity contribution < 1.29 is 18.0 Å². The molecule has 0 aromatic heterocycles. The highest BCUT2D eigenvalue weighted by Gasteiger charge is 2.32. The zero-order chi connectivity index (χ0) is 21.9. The Morgan fingerprint density at radius 2 is 1.83 bits per heavy atom. The van der Waals surface area contributed by atoms with Gasteiger partial charge < -0.3 is 10.6 Å². The number of aryl methyl sites for hydroxylation is 1. The molecule has 0 unspecified atom stereocenters. The minimum absolute atomic E-state index is 0.0163. The number of hydrogen-bond donors (Lipinski definition) is 2. The summed E-state index contributed by atoms with van der Waals surface area (Å²) in [6.45, 7) is 2.88. The Hall–Kier alpha value is -1.73. The number of halogens is 5. The predicted octanol–water partition coefficient (Wildman–Crippen LogP) is 6.83. The third-order valence-corrected chi connectivity index (χ3v) is 6.67. The highest BCUT2D eigenvalue weighted by atomic mass is 79.9. The lowest BCUT2D eigenvalue weighted by atomic mass is 9.86. The van der Waals surface area contributed by atoms with E-state index in [1.165, 1.54) is 5.56 Å². The van der Waals surface area contributed by atoms with Crippen LogP contribution in [0.15, 0.2) is 40.9 Å². The van der Waals surface area contributed by atoms with Gasteiger partial charge in [-0.2, -0.15) is 13.2 Å². The van der Waals surface area contributed by atoms with Gasteiger partial charge in [0.05, 0.1) is 16.1 Å². The molecule has 30 heavy (non-hydrogen) atoms. The van der Waals surface area contributed by atoms with Crippen molar-refractivity contribution in [2.75, 3.05) is 11.9 Å². The average molecular weight is 504 g/mol. The molecule has 2 aromatic rings. The van der Waals surface area contributed by atoms with E-state index in [2.05, 4.69) is 38.7 Å². The van der Waals surface area contributed by atoms with E-state index in [-0.39, 0.29) is 16.6 Å². The first-order valence-electron chi connectivity index (χ1n) is 9.81. The molecule has 0 bridgehead atoms. The van der Waals surface area contributed by atoms with Gasteiger partial charge in [-0.25, -0.2) is 0 Å². The SMILES string of the molecule is Cc1ccc(NCC2CCC(NC(=O)c3cc(C(F)(F)F)ccc3Cl)CC2)cc1Br. The minimum atomic E-state index is -4.52. The van der Waals surface area contributed by atoms with Crippen molar-refractivity contribution in [1.82, 2.24) is 5.32 Å². The minimum Gasteiger partial charge on any atom is -0.385 e. The molecule has 1 saturated carbocycles. The third kappa shape index (κ3) is 5.91. The van der Waals surface area contributed by atoms with Crippen LogP contribution in [0.3, 0.4) is 0 Å². The second-order valence-electron chi connectivity index (χ2n) is 7.73. The summed E-state index contributed by atoms with van der Waals surface area (Å²) < 4.78 is 39.8. The Morgan fingerprint density at radius 1 is 1.13 bits per heavy atom. The molecule has 0 saturated heterocycles. The molecule has 0 heterocycles. The van der Waals surface area contributed by atoms with Gasteiger partial charge in [-0.15, -0.1) is 0 Å². The number of benzene rings is 2. The van der Waals surface area contributed by atoms with Gasteiger partial charge in [-0.05, 0) is 74.4 Å². The van der Waals surface area contributed by atoms with Crippen LogP contribution in [-0.2, 0) is 6.18 Å². The molecule has 1 aliphatic carbocycles. The van der Waals surface area contributed by atoms with Gasteiger partial charge in [0.2, 0.25) is 0 Å². The molecule has 0 radical (unpaired) electrons. The molecule has 3 nitrogen and oxygen atoms in total. The number of alkyl halides is 3. The second-order valence-corrected chi connectivity index (χ2v) is 8.99. The summed E-state index contributed by atoms with van der Waals surface area (Å²) in [5, 5.41) is 6.31. The summed E-state index contributed by atoms with van der Waals surface area (Å²) in [4.78, 5) is 12.5. The molecule has 2 aromatic carbocycles. The Labute approximate surface area is 187 Å². The van der Waals surface area contributed by atoms with Crippen molar-refractivity contribution in [3.63, 3.8) is 0 Å². The highest BCUT2D eigenvalue weighted by Crippen LogP contribution is 2.32. The normalized spacial score (nSPS) is 19.4. The summed E-state index contributed by atoms with van der Waals surface area (Å²) in [7, 11) is 0. The van der Waals surface area contributed by atoms with Crippen molar-refractivity contribution in [2.24, 2.45) is 5.92 Å². The Bertz CT molecular complexity index is 912. The first-order chi connectivity index (χ1) is 14.1. The maximum Gasteiger partial charge on any atom is 0.416 e. The smallest absolute Gasteiger partial charge is 0.385 e. The summed E-state index contributed by atoms with van der Waals surface area (Å²) in [5.41, 5.74) is 1.22. The molecule has 0 spiro atoms. The molecule has 0 aliphatic heterocycles. The lowest BCUT2D eigenvalue weighted by Gasteiger charge is -2.29. The summed E-state index contributed by atoms with van der Waals surface area (Å²) in [5.74, 6) is -0.0763. The second kappa shape index (κ2) is 9.60. The van der Waals surface area contributed by atoms with Crippen LogP contribution in [0.2, 0.25) is 5.02 Å². The van der Waals surface area contributed by atoms with Gasteiger partial charge in [-0.1, -0.05) is 33.6 Å². The molecule has 1 amide bonds. The molecule has 1 fully saturated rings. The van der Waals surface area contributed by atoms with Crippen LogP contribution in [-0.4, -0.2) is 18.5 Å². The number of rotatable bonds is 5. The largest absolute Gasteiger partial charge is 0.416 e. The maximum absolute atomic E-state index is 12.9. The number of hydrogen-bond acceptors (Lipinski definition) is 2. The van der Waals surface area contributed by atoms with Gasteiger partial charge >= 0.3 is 6.18 Å². The van der Waals surface area contributed by atoms with Crippen molar-refractivity contribution in [3.05, 3.63) is 62.6 Å². The van der Waals surface area contributed by atoms with Gasteiger partial charge in [-0.3, -0.25) is 4.79 Å². The van der Waals surface area contributed by atoms with E-state index in [4.69, 9.17) is 11.6 Å². The zero-order valence-corrected chi connectivity index (χ0v) is 18.8. The molecule has 1 aliphatic rings. The number of anilines is 1. The fraction of sp³-hybridized carbons (Fsp3) is 0.409. The van der Waals surface area contributed by atoms with Crippen LogP contribution in [0.4, 0.5) is 18.9 Å². The van der Waals surface area contributed by atoms with Crippen molar-refractivity contribution in [3.8, 4) is 0 Å². The number of amides is 1. The Kier molecular flexibility index (Phi) is 7.34. The van der Waals surface area contributed by atoms with E-state index in [0.29, 0.717) is 5.92 Å². The van der Waals surface area contributed by atoms with Gasteiger partial charge in [0.1, 0.15) is 0 Å². The number of nitrogens with one attached hydrogen (secondary N) is 2. The van der Waals surface area contributed by atoms with Crippen molar-refractivity contribution in [2.45, 2.75) is 44.8 Å². The summed E-state index contributed by atoms with van der Waals surface area (Å²) >= 11 is 9.49. The monoisotopic (exact) mass is 502 g/mol. The van der Waals surface area contributed by atoms with E-state index in [1.807, 2.05) is 13.0 Å². The number of carbonyl (C=O) groups excluding carboxylic acids is 1. The van der Waals surface area contributed by atoms with Gasteiger partial charge in [0.15, 0.2) is 0 Å². The topological polar surface area (TPSA) is 41.1 Å². The molecule has 162 valence electrons. The standard InChI is InChI=1S/C22H23BrClF3N2O/c1-13-2-6-17(11-19(13)23)28-12-14-3-7-16(8-4-14)29-21(30)18-10-15(22(25,26)27)5-9-20(18)24/h2,5-6,9-11,14,16,28H,3-4,7-8,12H2,1H3,(H,29,30). The molecule has 2 N–H and O–H groups in total. The van der Waals surface area contributed by atoms with Crippen LogP contribution in [0.1, 0.15) is 47.2 Å². The average Bonchev–Trinajstić information content (AvgIpc) is 2.69. The lowest BCUT2D eigenvalue weighted by Crippen LogP contribution is -2.38. The highest BCUT2D eigenvalue weighted by molar-refractivity contribution is 9.10. The maximum atomic E-state index is 12.9. The fourth-order valence-electron chi connectivity index (χ4n) is 3.61. The molecular formula is C22H23BrClF3N2O. The van der Waals surface area contributed by atoms with Gasteiger partial charge in [0, 0.05) is 22.7 Å². The first-order valence-corrected chi connectivity index (χ1v) is 11.0. The Morgan fingerprint density at radius 3 is 2.47 bits per heavy atom. The van der Waals surface area contributed by atoms with E-state index in [0.717, 1.165) is 60.6 Å². The molecule has 0 atom stereocenters. The zero-order valence-electron chi connectivity index (χ0n) is 16.5. The van der Waals surface area contributed by atoms with Gasteiger partial charge in [0.25, 0.3) is 5.91 Å². The third-order valence-electron chi connectivity index (χ3n) is 5.49. The molecule has 8 heteroatoms. The van der Waals surface area contributed by atoms with Crippen LogP contribution < -0.4 is 10.6 Å². The van der Waals surface area contributed by atoms with Crippen LogP contribution in [0.5, 0.6) is 0 Å². The van der Waals surface area contributed by atoms with E-state index < -0.39 is 17.6 Å². The summed E-state index contributed by atoms with van der Waals surface area (Å²) in [6, 6.07) is 8.90. The van der Waals surface area contributed by atoms with E-state index in [9.17, 15) is 18.0 Å². The fourth-order valence-corrected chi connectivity index (χ4v) is 4.20.